The van der Waals surface area contributed by atoms with E-state index in [9.17, 15) is 9.18 Å². The second-order valence-corrected chi connectivity index (χ2v) is 4.52. The lowest BCUT2D eigenvalue weighted by Crippen LogP contribution is -2.29. The SMILES string of the molecule is CCCCOCCCNCC(=O)Nc1ccccc1F. The number of hydrogen-bond donors (Lipinski definition) is 2. The number of anilines is 1. The van der Waals surface area contributed by atoms with Gasteiger partial charge in [-0.3, -0.25) is 4.79 Å². The molecule has 0 saturated heterocycles. The van der Waals surface area contributed by atoms with Crippen LogP contribution in [0.3, 0.4) is 0 Å². The van der Waals surface area contributed by atoms with Crippen molar-refractivity contribution in [2.75, 3.05) is 31.6 Å². The molecule has 0 bridgehead atoms. The van der Waals surface area contributed by atoms with Crippen LogP contribution in [0.25, 0.3) is 0 Å². The Morgan fingerprint density at radius 3 is 2.75 bits per heavy atom. The van der Waals surface area contributed by atoms with Gasteiger partial charge in [0.25, 0.3) is 0 Å². The monoisotopic (exact) mass is 282 g/mol. The van der Waals surface area contributed by atoms with Crippen molar-refractivity contribution in [3.8, 4) is 0 Å². The molecule has 0 unspecified atom stereocenters. The van der Waals surface area contributed by atoms with E-state index in [1.165, 1.54) is 12.1 Å². The van der Waals surface area contributed by atoms with Crippen molar-refractivity contribution in [2.45, 2.75) is 26.2 Å². The van der Waals surface area contributed by atoms with Crippen LogP contribution in [0, 0.1) is 5.82 Å². The summed E-state index contributed by atoms with van der Waals surface area (Å²) in [4.78, 5) is 11.6. The molecule has 0 aliphatic carbocycles. The molecule has 20 heavy (non-hydrogen) atoms. The van der Waals surface area contributed by atoms with Gasteiger partial charge in [0.05, 0.1) is 12.2 Å². The number of carbonyl (C=O) groups excluding carboxylic acids is 1. The molecule has 112 valence electrons. The number of halogens is 1. The van der Waals surface area contributed by atoms with Gasteiger partial charge in [0, 0.05) is 13.2 Å². The van der Waals surface area contributed by atoms with Gasteiger partial charge in [0.1, 0.15) is 5.82 Å². The van der Waals surface area contributed by atoms with E-state index >= 15 is 0 Å². The molecule has 0 radical (unpaired) electrons. The number of amides is 1. The first-order chi connectivity index (χ1) is 9.74. The molecule has 1 aromatic rings. The third-order valence-corrected chi connectivity index (χ3v) is 2.72. The number of nitrogens with one attached hydrogen (secondary N) is 2. The third-order valence-electron chi connectivity index (χ3n) is 2.72. The Bertz CT molecular complexity index is 399. The summed E-state index contributed by atoms with van der Waals surface area (Å²) in [6.45, 7) is 4.49. The van der Waals surface area contributed by atoms with E-state index in [2.05, 4.69) is 17.6 Å². The van der Waals surface area contributed by atoms with Gasteiger partial charge in [0.15, 0.2) is 0 Å². The van der Waals surface area contributed by atoms with Gasteiger partial charge in [-0.2, -0.15) is 0 Å². The normalized spacial score (nSPS) is 10.5. The van der Waals surface area contributed by atoms with Crippen molar-refractivity contribution in [1.82, 2.24) is 5.32 Å². The highest BCUT2D eigenvalue weighted by Crippen LogP contribution is 2.11. The first-order valence-electron chi connectivity index (χ1n) is 7.07. The van der Waals surface area contributed by atoms with Gasteiger partial charge in [0.2, 0.25) is 5.91 Å². The fourth-order valence-electron chi connectivity index (χ4n) is 1.61. The first kappa shape index (κ1) is 16.6. The van der Waals surface area contributed by atoms with E-state index in [0.717, 1.165) is 25.9 Å². The van der Waals surface area contributed by atoms with Crippen molar-refractivity contribution in [2.24, 2.45) is 0 Å². The first-order valence-corrected chi connectivity index (χ1v) is 7.07. The summed E-state index contributed by atoms with van der Waals surface area (Å²) in [5.74, 6) is -0.674. The van der Waals surface area contributed by atoms with Crippen LogP contribution < -0.4 is 10.6 Å². The van der Waals surface area contributed by atoms with Crippen LogP contribution in [-0.4, -0.2) is 32.2 Å². The lowest BCUT2D eigenvalue weighted by atomic mass is 10.3. The van der Waals surface area contributed by atoms with Crippen molar-refractivity contribution in [1.29, 1.82) is 0 Å². The summed E-state index contributed by atoms with van der Waals surface area (Å²) in [6.07, 6.45) is 3.07. The van der Waals surface area contributed by atoms with Crippen molar-refractivity contribution in [3.63, 3.8) is 0 Å². The molecule has 1 amide bonds. The quantitative estimate of drug-likeness (QED) is 0.648. The molecular weight excluding hydrogens is 259 g/mol. The topological polar surface area (TPSA) is 50.4 Å². The fraction of sp³-hybridized carbons (Fsp3) is 0.533. The fourth-order valence-corrected chi connectivity index (χ4v) is 1.61. The Morgan fingerprint density at radius 1 is 1.25 bits per heavy atom. The summed E-state index contributed by atoms with van der Waals surface area (Å²) in [7, 11) is 0. The van der Waals surface area contributed by atoms with E-state index < -0.39 is 5.82 Å². The van der Waals surface area contributed by atoms with Crippen LogP contribution in [0.5, 0.6) is 0 Å². The number of rotatable bonds is 10. The van der Waals surface area contributed by atoms with Crippen LogP contribution in [0.15, 0.2) is 24.3 Å². The molecule has 2 N–H and O–H groups in total. The van der Waals surface area contributed by atoms with Gasteiger partial charge in [-0.05, 0) is 31.5 Å². The smallest absolute Gasteiger partial charge is 0.238 e. The Hall–Kier alpha value is -1.46. The minimum Gasteiger partial charge on any atom is -0.381 e. The average Bonchev–Trinajstić information content (AvgIpc) is 2.44. The number of para-hydroxylation sites is 1. The van der Waals surface area contributed by atoms with E-state index in [1.807, 2.05) is 0 Å². The number of benzene rings is 1. The van der Waals surface area contributed by atoms with E-state index in [4.69, 9.17) is 4.74 Å². The van der Waals surface area contributed by atoms with Gasteiger partial charge in [-0.25, -0.2) is 4.39 Å². The van der Waals surface area contributed by atoms with Crippen molar-refractivity contribution >= 4 is 11.6 Å². The minimum absolute atomic E-state index is 0.170. The zero-order valence-electron chi connectivity index (χ0n) is 12.0. The van der Waals surface area contributed by atoms with Gasteiger partial charge >= 0.3 is 0 Å². The maximum Gasteiger partial charge on any atom is 0.238 e. The largest absolute Gasteiger partial charge is 0.381 e. The summed E-state index contributed by atoms with van der Waals surface area (Å²) in [6, 6.07) is 6.12. The van der Waals surface area contributed by atoms with Gasteiger partial charge in [-0.15, -0.1) is 0 Å². The molecule has 0 aliphatic rings. The molecule has 0 spiro atoms. The predicted octanol–water partition coefficient (Wildman–Crippen LogP) is 2.56. The second-order valence-electron chi connectivity index (χ2n) is 4.52. The van der Waals surface area contributed by atoms with E-state index in [0.29, 0.717) is 13.2 Å². The molecule has 0 aromatic heterocycles. The number of carbonyl (C=O) groups is 1. The Kier molecular flexibility index (Phi) is 8.58. The van der Waals surface area contributed by atoms with Crippen molar-refractivity contribution in [3.05, 3.63) is 30.1 Å². The van der Waals surface area contributed by atoms with Gasteiger partial charge < -0.3 is 15.4 Å². The minimum atomic E-state index is -0.426. The average molecular weight is 282 g/mol. The molecule has 0 heterocycles. The summed E-state index contributed by atoms with van der Waals surface area (Å²) >= 11 is 0. The molecule has 0 fully saturated rings. The van der Waals surface area contributed by atoms with E-state index in [1.54, 1.807) is 12.1 Å². The Balaban J connectivity index is 2.05. The second kappa shape index (κ2) is 10.3. The van der Waals surface area contributed by atoms with Crippen LogP contribution >= 0.6 is 0 Å². The molecule has 0 aliphatic heterocycles. The summed E-state index contributed by atoms with van der Waals surface area (Å²) in [5.41, 5.74) is 0.210. The predicted molar refractivity (Wildman–Crippen MR) is 78.2 cm³/mol. The highest BCUT2D eigenvalue weighted by atomic mass is 19.1. The highest BCUT2D eigenvalue weighted by molar-refractivity contribution is 5.92. The zero-order chi connectivity index (χ0) is 14.6. The number of unbranched alkanes of at least 4 members (excludes halogenated alkanes) is 1. The van der Waals surface area contributed by atoms with Crippen LogP contribution in [0.1, 0.15) is 26.2 Å². The summed E-state index contributed by atoms with van der Waals surface area (Å²) < 4.78 is 18.7. The number of ether oxygens (including phenoxy) is 1. The third kappa shape index (κ3) is 7.21. The highest BCUT2D eigenvalue weighted by Gasteiger charge is 2.05. The molecule has 0 atom stereocenters. The van der Waals surface area contributed by atoms with Crippen LogP contribution in [0.4, 0.5) is 10.1 Å². The molecule has 1 aromatic carbocycles. The van der Waals surface area contributed by atoms with Gasteiger partial charge in [-0.1, -0.05) is 25.5 Å². The Labute approximate surface area is 119 Å². The molecule has 0 saturated carbocycles. The molecule has 5 heteroatoms. The lowest BCUT2D eigenvalue weighted by Gasteiger charge is -2.07. The zero-order valence-corrected chi connectivity index (χ0v) is 12.0. The number of hydrogen-bond acceptors (Lipinski definition) is 3. The molecular formula is C15H23FN2O2. The Morgan fingerprint density at radius 2 is 2.00 bits per heavy atom. The van der Waals surface area contributed by atoms with Crippen molar-refractivity contribution < 1.29 is 13.9 Å². The molecule has 4 nitrogen and oxygen atoms in total. The van der Waals surface area contributed by atoms with Crippen LogP contribution in [-0.2, 0) is 9.53 Å². The summed E-state index contributed by atoms with van der Waals surface area (Å²) in [5, 5.41) is 5.52. The molecule has 1 rings (SSSR count). The lowest BCUT2D eigenvalue weighted by molar-refractivity contribution is -0.115. The maximum absolute atomic E-state index is 13.3. The van der Waals surface area contributed by atoms with Crippen LogP contribution in [0.2, 0.25) is 0 Å². The van der Waals surface area contributed by atoms with E-state index in [-0.39, 0.29) is 18.1 Å². The standard InChI is InChI=1S/C15H23FN2O2/c1-2-3-10-20-11-6-9-17-12-15(19)18-14-8-5-4-7-13(14)16/h4-5,7-8,17H,2-3,6,9-12H2,1H3,(H,18,19). The maximum atomic E-state index is 13.3.